The number of likely N-dealkylation sites (N-methyl/N-ethyl adjacent to an activating group) is 1. The highest BCUT2D eigenvalue weighted by Crippen LogP contribution is 2.07. The summed E-state index contributed by atoms with van der Waals surface area (Å²) in [7, 11) is 1.65. The first-order valence-electron chi connectivity index (χ1n) is 5.90. The zero-order chi connectivity index (χ0) is 12.7. The minimum Gasteiger partial charge on any atom is -0.333 e. The molecule has 0 aliphatic rings. The van der Waals surface area contributed by atoms with Gasteiger partial charge in [-0.05, 0) is 24.0 Å². The number of benzene rings is 1. The van der Waals surface area contributed by atoms with E-state index in [0.29, 0.717) is 6.54 Å². The number of carbonyl (C=O) groups excluding carboxylic acids is 1. The molecular weight excluding hydrogens is 212 g/mol. The van der Waals surface area contributed by atoms with Crippen molar-refractivity contribution >= 4 is 5.91 Å². The van der Waals surface area contributed by atoms with E-state index in [1.165, 1.54) is 16.0 Å². The van der Waals surface area contributed by atoms with Gasteiger partial charge in [0.05, 0.1) is 0 Å². The topological polar surface area (TPSA) is 44.1 Å². The maximum Gasteiger partial charge on any atom is 0.324 e. The van der Waals surface area contributed by atoms with Gasteiger partial charge in [0.25, 0.3) is 0 Å². The molecule has 90 valence electrons. The SMILES string of the molecule is CCCc1ccc(CCN(C)C(=O)C#N)cc1. The van der Waals surface area contributed by atoms with E-state index in [1.54, 1.807) is 13.1 Å². The van der Waals surface area contributed by atoms with Crippen molar-refractivity contribution in [1.82, 2.24) is 4.90 Å². The largest absolute Gasteiger partial charge is 0.333 e. The van der Waals surface area contributed by atoms with Crippen LogP contribution in [0.5, 0.6) is 0 Å². The zero-order valence-electron chi connectivity index (χ0n) is 10.4. The number of hydrogen-bond donors (Lipinski definition) is 0. The molecule has 1 aromatic carbocycles. The summed E-state index contributed by atoms with van der Waals surface area (Å²) in [5.41, 5.74) is 2.54. The van der Waals surface area contributed by atoms with Gasteiger partial charge in [-0.1, -0.05) is 37.6 Å². The number of aryl methyl sites for hydroxylation is 1. The molecule has 0 bridgehead atoms. The van der Waals surface area contributed by atoms with Gasteiger partial charge in [-0.3, -0.25) is 4.79 Å². The van der Waals surface area contributed by atoms with Gasteiger partial charge in [-0.25, -0.2) is 0 Å². The highest BCUT2D eigenvalue weighted by molar-refractivity contribution is 5.90. The van der Waals surface area contributed by atoms with Crippen LogP contribution in [-0.4, -0.2) is 24.4 Å². The molecular formula is C14H18N2O. The second-order valence-electron chi connectivity index (χ2n) is 4.16. The van der Waals surface area contributed by atoms with Crippen molar-refractivity contribution in [2.24, 2.45) is 0 Å². The smallest absolute Gasteiger partial charge is 0.324 e. The van der Waals surface area contributed by atoms with Crippen LogP contribution >= 0.6 is 0 Å². The Morgan fingerprint density at radius 1 is 1.24 bits per heavy atom. The van der Waals surface area contributed by atoms with Crippen LogP contribution in [0.4, 0.5) is 0 Å². The fourth-order valence-corrected chi connectivity index (χ4v) is 1.64. The van der Waals surface area contributed by atoms with E-state index in [4.69, 9.17) is 5.26 Å². The minimum absolute atomic E-state index is 0.479. The molecule has 1 rings (SSSR count). The maximum atomic E-state index is 11.0. The molecule has 0 aliphatic carbocycles. The van der Waals surface area contributed by atoms with Gasteiger partial charge in [0.2, 0.25) is 0 Å². The highest BCUT2D eigenvalue weighted by atomic mass is 16.2. The predicted octanol–water partition coefficient (Wildman–Crippen LogP) is 2.16. The van der Waals surface area contributed by atoms with Crippen LogP contribution in [0.15, 0.2) is 24.3 Å². The first kappa shape index (κ1) is 13.2. The van der Waals surface area contributed by atoms with Gasteiger partial charge >= 0.3 is 5.91 Å². The van der Waals surface area contributed by atoms with E-state index in [2.05, 4.69) is 31.2 Å². The van der Waals surface area contributed by atoms with Gasteiger partial charge in [-0.15, -0.1) is 0 Å². The molecule has 0 fully saturated rings. The average Bonchev–Trinajstić information content (AvgIpc) is 2.37. The van der Waals surface area contributed by atoms with Gasteiger partial charge in [0.1, 0.15) is 0 Å². The van der Waals surface area contributed by atoms with Crippen LogP contribution in [0.1, 0.15) is 24.5 Å². The van der Waals surface area contributed by atoms with E-state index < -0.39 is 5.91 Å². The molecule has 0 unspecified atom stereocenters. The summed E-state index contributed by atoms with van der Waals surface area (Å²) in [6.07, 6.45) is 3.04. The summed E-state index contributed by atoms with van der Waals surface area (Å²) in [6, 6.07) is 10.1. The van der Waals surface area contributed by atoms with Gasteiger partial charge < -0.3 is 4.90 Å². The Morgan fingerprint density at radius 2 is 1.76 bits per heavy atom. The fourth-order valence-electron chi connectivity index (χ4n) is 1.64. The first-order chi connectivity index (χ1) is 8.17. The summed E-state index contributed by atoms with van der Waals surface area (Å²) < 4.78 is 0. The van der Waals surface area contributed by atoms with E-state index >= 15 is 0 Å². The lowest BCUT2D eigenvalue weighted by Gasteiger charge is -2.12. The summed E-state index contributed by atoms with van der Waals surface area (Å²) in [5, 5.41) is 8.46. The van der Waals surface area contributed by atoms with Crippen molar-refractivity contribution in [3.05, 3.63) is 35.4 Å². The van der Waals surface area contributed by atoms with Crippen molar-refractivity contribution in [2.45, 2.75) is 26.2 Å². The summed E-state index contributed by atoms with van der Waals surface area (Å²) in [4.78, 5) is 12.5. The number of nitriles is 1. The summed E-state index contributed by atoms with van der Waals surface area (Å²) in [5.74, 6) is -0.479. The average molecular weight is 230 g/mol. The number of nitrogens with zero attached hydrogens (tertiary/aromatic N) is 2. The van der Waals surface area contributed by atoms with E-state index in [9.17, 15) is 4.79 Å². The Labute approximate surface area is 103 Å². The van der Waals surface area contributed by atoms with Crippen LogP contribution in [-0.2, 0) is 17.6 Å². The first-order valence-corrected chi connectivity index (χ1v) is 5.90. The number of rotatable bonds is 5. The molecule has 0 aromatic heterocycles. The monoisotopic (exact) mass is 230 g/mol. The summed E-state index contributed by atoms with van der Waals surface area (Å²) >= 11 is 0. The Morgan fingerprint density at radius 3 is 2.24 bits per heavy atom. The number of amides is 1. The standard InChI is InChI=1S/C14H18N2O/c1-3-4-12-5-7-13(8-6-12)9-10-16(2)14(17)11-15/h5-8H,3-4,9-10H2,1-2H3. The zero-order valence-corrected chi connectivity index (χ0v) is 10.4. The lowest BCUT2D eigenvalue weighted by Crippen LogP contribution is -2.27. The van der Waals surface area contributed by atoms with Crippen LogP contribution in [0.2, 0.25) is 0 Å². The minimum atomic E-state index is -0.479. The quantitative estimate of drug-likeness (QED) is 0.728. The third-order valence-corrected chi connectivity index (χ3v) is 2.74. The molecule has 1 aromatic rings. The number of carbonyl (C=O) groups is 1. The molecule has 0 radical (unpaired) electrons. The third kappa shape index (κ3) is 4.28. The predicted molar refractivity (Wildman–Crippen MR) is 67.4 cm³/mol. The van der Waals surface area contributed by atoms with Gasteiger partial charge in [0, 0.05) is 13.6 Å². The normalized spacial score (nSPS) is 9.71. The molecule has 17 heavy (non-hydrogen) atoms. The van der Waals surface area contributed by atoms with E-state index in [0.717, 1.165) is 19.3 Å². The molecule has 0 aliphatic heterocycles. The van der Waals surface area contributed by atoms with Crippen molar-refractivity contribution in [3.8, 4) is 6.07 Å². The molecule has 1 amide bonds. The second kappa shape index (κ2) is 6.70. The second-order valence-corrected chi connectivity index (χ2v) is 4.16. The Hall–Kier alpha value is -1.82. The lowest BCUT2D eigenvalue weighted by atomic mass is 10.1. The van der Waals surface area contributed by atoms with Gasteiger partial charge in [0.15, 0.2) is 6.07 Å². The summed E-state index contributed by atoms with van der Waals surface area (Å²) in [6.45, 7) is 2.75. The van der Waals surface area contributed by atoms with Crippen LogP contribution < -0.4 is 0 Å². The molecule has 0 saturated heterocycles. The molecule has 0 heterocycles. The maximum absolute atomic E-state index is 11.0. The highest BCUT2D eigenvalue weighted by Gasteiger charge is 2.06. The van der Waals surface area contributed by atoms with Crippen LogP contribution in [0.25, 0.3) is 0 Å². The van der Waals surface area contributed by atoms with Crippen molar-refractivity contribution in [2.75, 3.05) is 13.6 Å². The van der Waals surface area contributed by atoms with Crippen LogP contribution in [0.3, 0.4) is 0 Å². The molecule has 0 atom stereocenters. The van der Waals surface area contributed by atoms with E-state index in [-0.39, 0.29) is 0 Å². The van der Waals surface area contributed by atoms with Crippen molar-refractivity contribution < 1.29 is 4.79 Å². The van der Waals surface area contributed by atoms with Crippen molar-refractivity contribution in [1.29, 1.82) is 5.26 Å². The van der Waals surface area contributed by atoms with Crippen molar-refractivity contribution in [3.63, 3.8) is 0 Å². The Kier molecular flexibility index (Phi) is 5.22. The Bertz CT molecular complexity index is 403. The van der Waals surface area contributed by atoms with E-state index in [1.807, 2.05) is 0 Å². The van der Waals surface area contributed by atoms with Gasteiger partial charge in [-0.2, -0.15) is 5.26 Å². The molecule has 0 N–H and O–H groups in total. The lowest BCUT2D eigenvalue weighted by molar-refractivity contribution is -0.124. The molecule has 3 nitrogen and oxygen atoms in total. The molecule has 3 heteroatoms. The number of hydrogen-bond acceptors (Lipinski definition) is 2. The molecule has 0 saturated carbocycles. The Balaban J connectivity index is 2.47. The molecule has 0 spiro atoms. The fraction of sp³-hybridized carbons (Fsp3) is 0.429. The third-order valence-electron chi connectivity index (χ3n) is 2.74. The van der Waals surface area contributed by atoms with Crippen LogP contribution in [0, 0.1) is 11.3 Å².